The van der Waals surface area contributed by atoms with E-state index in [1.54, 1.807) is 14.2 Å². The van der Waals surface area contributed by atoms with Gasteiger partial charge in [-0.25, -0.2) is 0 Å². The summed E-state index contributed by atoms with van der Waals surface area (Å²) >= 11 is 0. The quantitative estimate of drug-likeness (QED) is 0.314. The van der Waals surface area contributed by atoms with E-state index >= 15 is 0 Å². The molecule has 1 aromatic rings. The largest absolute Gasteiger partial charge is 0.493 e. The second kappa shape index (κ2) is 10.6. The molecule has 24 heavy (non-hydrogen) atoms. The van der Waals surface area contributed by atoms with Crippen molar-refractivity contribution in [3.8, 4) is 11.5 Å². The number of hydrogen-bond donors (Lipinski definition) is 1. The minimum atomic E-state index is 0. The molecule has 1 aromatic carbocycles. The van der Waals surface area contributed by atoms with Crippen LogP contribution in [0.2, 0.25) is 0 Å². The second-order valence-corrected chi connectivity index (χ2v) is 5.74. The lowest BCUT2D eigenvalue weighted by Crippen LogP contribution is -2.44. The second-order valence-electron chi connectivity index (χ2n) is 5.74. The third-order valence-electron chi connectivity index (χ3n) is 4.13. The summed E-state index contributed by atoms with van der Waals surface area (Å²) in [5.74, 6) is 2.62. The van der Waals surface area contributed by atoms with Gasteiger partial charge in [0.2, 0.25) is 0 Å². The maximum atomic E-state index is 5.44. The first-order valence-corrected chi connectivity index (χ1v) is 8.50. The Labute approximate surface area is 162 Å². The fourth-order valence-electron chi connectivity index (χ4n) is 2.83. The minimum absolute atomic E-state index is 0. The number of nitrogens with zero attached hydrogens (tertiary/aromatic N) is 2. The first kappa shape index (κ1) is 20.9. The van der Waals surface area contributed by atoms with E-state index in [2.05, 4.69) is 36.2 Å². The lowest BCUT2D eigenvalue weighted by molar-refractivity contribution is 0.346. The van der Waals surface area contributed by atoms with E-state index in [0.29, 0.717) is 0 Å². The Morgan fingerprint density at radius 2 is 1.83 bits per heavy atom. The van der Waals surface area contributed by atoms with Gasteiger partial charge in [0.1, 0.15) is 0 Å². The lowest BCUT2D eigenvalue weighted by Gasteiger charge is -2.32. The number of hydrogen-bond acceptors (Lipinski definition) is 3. The normalized spacial score (nSPS) is 13.8. The molecule has 5 nitrogen and oxygen atoms in total. The van der Waals surface area contributed by atoms with Gasteiger partial charge in [0.05, 0.1) is 14.2 Å². The van der Waals surface area contributed by atoms with Gasteiger partial charge >= 0.3 is 0 Å². The highest BCUT2D eigenvalue weighted by atomic mass is 127. The highest BCUT2D eigenvalue weighted by Gasteiger charge is 2.21. The molecule has 2 rings (SSSR count). The highest BCUT2D eigenvalue weighted by molar-refractivity contribution is 14.0. The van der Waals surface area contributed by atoms with E-state index in [9.17, 15) is 0 Å². The summed E-state index contributed by atoms with van der Waals surface area (Å²) in [5.41, 5.74) is 2.62. The van der Waals surface area contributed by atoms with Gasteiger partial charge in [-0.1, -0.05) is 13.3 Å². The third kappa shape index (κ3) is 5.16. The molecule has 0 aromatic heterocycles. The predicted octanol–water partition coefficient (Wildman–Crippen LogP) is 3.45. The number of rotatable bonds is 6. The molecule has 136 valence electrons. The Kier molecular flexibility index (Phi) is 9.25. The van der Waals surface area contributed by atoms with Gasteiger partial charge in [-0.05, 0) is 43.0 Å². The molecule has 6 heteroatoms. The lowest BCUT2D eigenvalue weighted by atomic mass is 9.99. The van der Waals surface area contributed by atoms with Crippen LogP contribution in [0.5, 0.6) is 11.5 Å². The fourth-order valence-corrected chi connectivity index (χ4v) is 2.83. The molecule has 0 saturated heterocycles. The van der Waals surface area contributed by atoms with Crippen molar-refractivity contribution < 1.29 is 9.47 Å². The van der Waals surface area contributed by atoms with Crippen LogP contribution in [-0.2, 0) is 13.0 Å². The van der Waals surface area contributed by atoms with Gasteiger partial charge in [0.15, 0.2) is 17.5 Å². The summed E-state index contributed by atoms with van der Waals surface area (Å²) in [6.07, 6.45) is 3.29. The van der Waals surface area contributed by atoms with Gasteiger partial charge in [-0.15, -0.1) is 24.0 Å². The zero-order chi connectivity index (χ0) is 16.7. The molecular weight excluding hydrogens is 417 g/mol. The zero-order valence-corrected chi connectivity index (χ0v) is 17.6. The molecular formula is C18H30IN3O2. The van der Waals surface area contributed by atoms with Gasteiger partial charge in [0.25, 0.3) is 0 Å². The summed E-state index contributed by atoms with van der Waals surface area (Å²) in [7, 11) is 3.37. The number of benzene rings is 1. The van der Waals surface area contributed by atoms with Crippen molar-refractivity contribution in [3.63, 3.8) is 0 Å². The Morgan fingerprint density at radius 3 is 2.42 bits per heavy atom. The van der Waals surface area contributed by atoms with Crippen molar-refractivity contribution >= 4 is 29.9 Å². The fraction of sp³-hybridized carbons (Fsp3) is 0.611. The van der Waals surface area contributed by atoms with Crippen molar-refractivity contribution in [3.05, 3.63) is 23.3 Å². The van der Waals surface area contributed by atoms with Crippen molar-refractivity contribution in [2.24, 2.45) is 4.99 Å². The molecule has 0 radical (unpaired) electrons. The molecule has 0 fully saturated rings. The molecule has 0 saturated carbocycles. The first-order valence-electron chi connectivity index (χ1n) is 8.50. The van der Waals surface area contributed by atoms with E-state index in [-0.39, 0.29) is 24.0 Å². The molecule has 0 amide bonds. The Balaban J connectivity index is 0.00000288. The number of halogens is 1. The summed E-state index contributed by atoms with van der Waals surface area (Å²) in [6, 6.07) is 4.20. The number of ether oxygens (including phenoxy) is 2. The highest BCUT2D eigenvalue weighted by Crippen LogP contribution is 2.33. The summed E-state index contributed by atoms with van der Waals surface area (Å²) in [5, 5.41) is 3.41. The van der Waals surface area contributed by atoms with E-state index in [1.165, 1.54) is 17.5 Å². The average molecular weight is 447 g/mol. The van der Waals surface area contributed by atoms with Gasteiger partial charge in [-0.3, -0.25) is 4.99 Å². The van der Waals surface area contributed by atoms with Crippen LogP contribution in [0.1, 0.15) is 37.8 Å². The Hall–Kier alpha value is -1.18. The number of methoxy groups -OCH3 is 2. The molecule has 0 atom stereocenters. The maximum absolute atomic E-state index is 5.44. The molecule has 0 unspecified atom stereocenters. The van der Waals surface area contributed by atoms with E-state index in [4.69, 9.17) is 14.5 Å². The first-order chi connectivity index (χ1) is 11.2. The van der Waals surface area contributed by atoms with E-state index < -0.39 is 0 Å². The monoisotopic (exact) mass is 447 g/mol. The number of aliphatic imine (C=N–C) groups is 1. The van der Waals surface area contributed by atoms with Gasteiger partial charge in [-0.2, -0.15) is 0 Å². The third-order valence-corrected chi connectivity index (χ3v) is 4.13. The molecule has 1 aliphatic rings. The van der Waals surface area contributed by atoms with Crippen LogP contribution in [0.4, 0.5) is 0 Å². The van der Waals surface area contributed by atoms with Crippen molar-refractivity contribution in [2.75, 3.05) is 33.9 Å². The zero-order valence-electron chi connectivity index (χ0n) is 15.2. The van der Waals surface area contributed by atoms with Crippen LogP contribution in [-0.4, -0.2) is 44.7 Å². The van der Waals surface area contributed by atoms with Crippen molar-refractivity contribution in [1.82, 2.24) is 10.2 Å². The Bertz CT molecular complexity index is 549. The van der Waals surface area contributed by atoms with Crippen LogP contribution in [0.3, 0.4) is 0 Å². The van der Waals surface area contributed by atoms with Gasteiger partial charge in [0, 0.05) is 26.2 Å². The molecule has 1 N–H and O–H groups in total. The summed E-state index contributed by atoms with van der Waals surface area (Å²) in [4.78, 5) is 7.08. The SMILES string of the molecule is CCCCN=C(NCC)N1CCc2cc(OC)c(OC)cc2C1.I. The number of fused-ring (bicyclic) bond motifs is 1. The smallest absolute Gasteiger partial charge is 0.194 e. The predicted molar refractivity (Wildman–Crippen MR) is 110 cm³/mol. The van der Waals surface area contributed by atoms with Crippen LogP contribution < -0.4 is 14.8 Å². The average Bonchev–Trinajstić information content (AvgIpc) is 2.59. The standard InChI is InChI=1S/C18H29N3O2.HI/c1-5-7-9-20-18(19-6-2)21-10-8-14-11-16(22-3)17(23-4)12-15(14)13-21;/h11-12H,5-10,13H2,1-4H3,(H,19,20);1H. The number of nitrogens with one attached hydrogen (secondary N) is 1. The van der Waals surface area contributed by atoms with E-state index in [1.807, 2.05) is 0 Å². The number of unbranched alkanes of at least 4 members (excludes halogenated alkanes) is 1. The topological polar surface area (TPSA) is 46.1 Å². The van der Waals surface area contributed by atoms with Crippen molar-refractivity contribution in [1.29, 1.82) is 0 Å². The van der Waals surface area contributed by atoms with Crippen LogP contribution in [0.15, 0.2) is 17.1 Å². The molecule has 0 bridgehead atoms. The van der Waals surface area contributed by atoms with E-state index in [0.717, 1.165) is 56.5 Å². The van der Waals surface area contributed by atoms with Gasteiger partial charge < -0.3 is 19.7 Å². The van der Waals surface area contributed by atoms with Crippen LogP contribution in [0.25, 0.3) is 0 Å². The number of guanidine groups is 1. The molecule has 0 aliphatic carbocycles. The molecule has 1 heterocycles. The van der Waals surface area contributed by atoms with Crippen molar-refractivity contribution in [2.45, 2.75) is 39.7 Å². The van der Waals surface area contributed by atoms with Crippen LogP contribution in [0, 0.1) is 0 Å². The summed E-state index contributed by atoms with van der Waals surface area (Å²) < 4.78 is 10.8. The maximum Gasteiger partial charge on any atom is 0.194 e. The molecule has 1 aliphatic heterocycles. The van der Waals surface area contributed by atoms with Crippen LogP contribution >= 0.6 is 24.0 Å². The summed E-state index contributed by atoms with van der Waals surface area (Å²) in [6.45, 7) is 7.91. The molecule has 0 spiro atoms. The Morgan fingerprint density at radius 1 is 1.17 bits per heavy atom. The minimum Gasteiger partial charge on any atom is -0.493 e.